The van der Waals surface area contributed by atoms with E-state index in [1.807, 2.05) is 36.4 Å². The zero-order valence-corrected chi connectivity index (χ0v) is 22.3. The third-order valence-electron chi connectivity index (χ3n) is 8.02. The Labute approximate surface area is 226 Å². The van der Waals surface area contributed by atoms with Crippen molar-refractivity contribution in [3.8, 4) is 5.82 Å². The van der Waals surface area contributed by atoms with Crippen LogP contribution in [0, 0.1) is 5.41 Å². The number of fused-ring (bicyclic) bond motifs is 1. The van der Waals surface area contributed by atoms with Crippen molar-refractivity contribution in [1.82, 2.24) is 24.5 Å². The molecule has 2 saturated carbocycles. The Kier molecular flexibility index (Phi) is 5.40. The van der Waals surface area contributed by atoms with Gasteiger partial charge in [0.05, 0.1) is 42.0 Å². The summed E-state index contributed by atoms with van der Waals surface area (Å²) in [7, 11) is -2.11. The number of nitrogens with zero attached hydrogens (tertiary/aromatic N) is 5. The van der Waals surface area contributed by atoms with Gasteiger partial charge in [-0.05, 0) is 60.4 Å². The Hall–Kier alpha value is -4.02. The Morgan fingerprint density at radius 2 is 1.82 bits per heavy atom. The molecule has 0 amide bonds. The molecular formula is C29H28N6O3S. The second kappa shape index (κ2) is 8.75. The molecule has 5 aromatic rings. The van der Waals surface area contributed by atoms with Gasteiger partial charge in [0.25, 0.3) is 10.0 Å². The minimum Gasteiger partial charge on any atom is -0.366 e. The van der Waals surface area contributed by atoms with Gasteiger partial charge in [-0.3, -0.25) is 9.40 Å². The number of benzene rings is 2. The number of pyridine rings is 1. The maximum Gasteiger partial charge on any atom is 0.265 e. The van der Waals surface area contributed by atoms with Crippen LogP contribution in [0.5, 0.6) is 0 Å². The van der Waals surface area contributed by atoms with E-state index in [0.29, 0.717) is 29.0 Å². The van der Waals surface area contributed by atoms with Crippen LogP contribution in [-0.4, -0.2) is 33.0 Å². The van der Waals surface area contributed by atoms with Crippen molar-refractivity contribution in [2.45, 2.75) is 42.8 Å². The third-order valence-corrected chi connectivity index (χ3v) is 9.34. The van der Waals surface area contributed by atoms with Crippen LogP contribution >= 0.6 is 0 Å². The third kappa shape index (κ3) is 4.29. The van der Waals surface area contributed by atoms with Gasteiger partial charge in [0.1, 0.15) is 4.90 Å². The first-order chi connectivity index (χ1) is 18.8. The van der Waals surface area contributed by atoms with Gasteiger partial charge in [-0.15, -0.1) is 0 Å². The van der Waals surface area contributed by atoms with Crippen LogP contribution in [0.15, 0.2) is 90.3 Å². The largest absolute Gasteiger partial charge is 0.366 e. The molecule has 0 atom stereocenters. The molecule has 1 spiro atoms. The quantitative estimate of drug-likeness (QED) is 0.299. The number of hydrogen-bond acceptors (Lipinski definition) is 6. The summed E-state index contributed by atoms with van der Waals surface area (Å²) in [5.41, 5.74) is 3.38. The second-order valence-electron chi connectivity index (χ2n) is 10.8. The number of aryl methyl sites for hydroxylation is 1. The summed E-state index contributed by atoms with van der Waals surface area (Å²) in [5, 5.41) is 9.42. The van der Waals surface area contributed by atoms with Crippen molar-refractivity contribution in [3.63, 3.8) is 0 Å². The summed E-state index contributed by atoms with van der Waals surface area (Å²) in [6.07, 6.45) is 10.7. The zero-order valence-electron chi connectivity index (χ0n) is 21.5. The SMILES string of the molecule is Cn1ncc2cccc(NS(=O)(=O)c3cnn(-c4cc(C5(OCc6ccccc6)CC6(CC6)C5)ccn4)c3)c21. The molecule has 0 aliphatic heterocycles. The predicted octanol–water partition coefficient (Wildman–Crippen LogP) is 4.94. The molecule has 0 saturated heterocycles. The second-order valence-corrected chi connectivity index (χ2v) is 12.4. The monoisotopic (exact) mass is 540 g/mol. The molecule has 198 valence electrons. The number of ether oxygens (including phenoxy) is 1. The van der Waals surface area contributed by atoms with E-state index < -0.39 is 10.0 Å². The normalized spacial score (nSPS) is 17.3. The fourth-order valence-electron chi connectivity index (χ4n) is 5.79. The van der Waals surface area contributed by atoms with Gasteiger partial charge in [0.15, 0.2) is 5.82 Å². The van der Waals surface area contributed by atoms with Crippen LogP contribution in [0.4, 0.5) is 5.69 Å². The van der Waals surface area contributed by atoms with Gasteiger partial charge in [-0.2, -0.15) is 10.2 Å². The highest BCUT2D eigenvalue weighted by Crippen LogP contribution is 2.69. The lowest BCUT2D eigenvalue weighted by Crippen LogP contribution is -2.45. The fourth-order valence-corrected chi connectivity index (χ4v) is 6.79. The van der Waals surface area contributed by atoms with Gasteiger partial charge in [-0.1, -0.05) is 42.5 Å². The maximum absolute atomic E-state index is 13.3. The molecule has 2 fully saturated rings. The number of aromatic nitrogens is 5. The Morgan fingerprint density at radius 1 is 1.00 bits per heavy atom. The molecule has 0 radical (unpaired) electrons. The lowest BCUT2D eigenvalue weighted by molar-refractivity contribution is -0.153. The van der Waals surface area contributed by atoms with Gasteiger partial charge in [0, 0.05) is 18.6 Å². The summed E-state index contributed by atoms with van der Waals surface area (Å²) in [6.45, 7) is 0.536. The van der Waals surface area contributed by atoms with Crippen LogP contribution in [0.25, 0.3) is 16.7 Å². The summed E-state index contributed by atoms with van der Waals surface area (Å²) < 4.78 is 39.0. The Morgan fingerprint density at radius 3 is 2.62 bits per heavy atom. The predicted molar refractivity (Wildman–Crippen MR) is 147 cm³/mol. The van der Waals surface area contributed by atoms with E-state index >= 15 is 0 Å². The number of anilines is 1. The van der Waals surface area contributed by atoms with E-state index in [2.05, 4.69) is 32.0 Å². The highest BCUT2D eigenvalue weighted by molar-refractivity contribution is 7.92. The topological polar surface area (TPSA) is 104 Å². The van der Waals surface area contributed by atoms with Crippen LogP contribution < -0.4 is 4.72 Å². The number of rotatable bonds is 8. The first kappa shape index (κ1) is 24.1. The van der Waals surface area contributed by atoms with Crippen molar-refractivity contribution in [2.75, 3.05) is 4.72 Å². The van der Waals surface area contributed by atoms with Gasteiger partial charge >= 0.3 is 0 Å². The standard InChI is InChI=1S/C29H28N6O3S/c1-34-27-22(15-31-34)8-5-9-25(27)33-39(36,37)24-16-32-35(17-24)26-14-23(10-13-30-26)29(19-28(20-29)11-12-28)38-18-21-6-3-2-4-7-21/h2-10,13-17,33H,11-12,18-20H2,1H3. The molecule has 10 heteroatoms. The van der Waals surface area contributed by atoms with E-state index in [1.165, 1.54) is 29.9 Å². The molecule has 7 rings (SSSR count). The summed E-state index contributed by atoms with van der Waals surface area (Å²) >= 11 is 0. The highest BCUT2D eigenvalue weighted by atomic mass is 32.2. The molecule has 0 bridgehead atoms. The van der Waals surface area contributed by atoms with Crippen molar-refractivity contribution in [1.29, 1.82) is 0 Å². The summed E-state index contributed by atoms with van der Waals surface area (Å²) in [6, 6.07) is 19.6. The van der Waals surface area contributed by atoms with Crippen LogP contribution in [0.2, 0.25) is 0 Å². The van der Waals surface area contributed by atoms with Gasteiger partial charge in [0.2, 0.25) is 0 Å². The molecule has 39 heavy (non-hydrogen) atoms. The molecule has 2 aliphatic rings. The highest BCUT2D eigenvalue weighted by Gasteiger charge is 2.62. The van der Waals surface area contributed by atoms with Crippen LogP contribution in [-0.2, 0) is 34.0 Å². The number of hydrogen-bond donors (Lipinski definition) is 1. The maximum atomic E-state index is 13.3. The van der Waals surface area contributed by atoms with E-state index in [-0.39, 0.29) is 10.5 Å². The minimum atomic E-state index is -3.89. The lowest BCUT2D eigenvalue weighted by atomic mass is 9.64. The molecule has 1 N–H and O–H groups in total. The van der Waals surface area contributed by atoms with E-state index in [1.54, 1.807) is 36.3 Å². The van der Waals surface area contributed by atoms with Crippen LogP contribution in [0.3, 0.4) is 0 Å². The Balaban J connectivity index is 1.15. The molecule has 3 heterocycles. The van der Waals surface area contributed by atoms with Crippen molar-refractivity contribution < 1.29 is 13.2 Å². The minimum absolute atomic E-state index is 0.0458. The average molecular weight is 541 g/mol. The molecule has 0 unspecified atom stereocenters. The molecular weight excluding hydrogens is 512 g/mol. The first-order valence-electron chi connectivity index (χ1n) is 13.0. The average Bonchev–Trinajstić information content (AvgIpc) is 3.35. The van der Waals surface area contributed by atoms with Crippen molar-refractivity contribution in [3.05, 3.63) is 96.6 Å². The van der Waals surface area contributed by atoms with E-state index in [9.17, 15) is 8.42 Å². The number of sulfonamides is 1. The van der Waals surface area contributed by atoms with Gasteiger partial charge < -0.3 is 4.74 Å². The van der Waals surface area contributed by atoms with E-state index in [0.717, 1.165) is 29.4 Å². The Bertz CT molecular complexity index is 1780. The molecule has 2 aliphatic carbocycles. The number of para-hydroxylation sites is 1. The molecule has 9 nitrogen and oxygen atoms in total. The van der Waals surface area contributed by atoms with Gasteiger partial charge in [-0.25, -0.2) is 18.1 Å². The molecule has 2 aromatic carbocycles. The van der Waals surface area contributed by atoms with Crippen molar-refractivity contribution >= 4 is 26.6 Å². The van der Waals surface area contributed by atoms with Crippen LogP contribution in [0.1, 0.15) is 36.8 Å². The number of nitrogens with one attached hydrogen (secondary N) is 1. The summed E-state index contributed by atoms with van der Waals surface area (Å²) in [5.74, 6) is 0.544. The van der Waals surface area contributed by atoms with E-state index in [4.69, 9.17) is 4.74 Å². The van der Waals surface area contributed by atoms with Crippen molar-refractivity contribution in [2.24, 2.45) is 12.5 Å². The molecule has 3 aromatic heterocycles. The first-order valence-corrected chi connectivity index (χ1v) is 14.5. The fraction of sp³-hybridized carbons (Fsp3) is 0.276. The lowest BCUT2D eigenvalue weighted by Gasteiger charge is -2.48. The smallest absolute Gasteiger partial charge is 0.265 e. The zero-order chi connectivity index (χ0) is 26.7. The summed E-state index contributed by atoms with van der Waals surface area (Å²) in [4.78, 5) is 4.54.